The highest BCUT2D eigenvalue weighted by atomic mass is 16.3. The van der Waals surface area contributed by atoms with Crippen LogP contribution in [0.25, 0.3) is 110 Å². The molecule has 4 heteroatoms. The normalized spacial score (nSPS) is 11.8. The van der Waals surface area contributed by atoms with Crippen LogP contribution in [0.15, 0.2) is 180 Å². The molecule has 0 aliphatic heterocycles. The van der Waals surface area contributed by atoms with E-state index in [0.29, 0.717) is 17.5 Å². The van der Waals surface area contributed by atoms with Gasteiger partial charge in [-0.25, -0.2) is 15.0 Å². The Bertz CT molecular complexity index is 3230. The number of furan rings is 1. The number of para-hydroxylation sites is 2. The Hall–Kier alpha value is -7.17. The third-order valence-corrected chi connectivity index (χ3v) is 10.5. The molecule has 246 valence electrons. The molecule has 0 aliphatic rings. The SMILES string of the molecule is c1ccc2cc(-c3ccc(-c4nc(-c5ccc6c(ccc7c8ccccc8ccc67)c5)nc(-c5cccc6c5oc5ccccc56)n4)cc3)ccc2c1. The minimum Gasteiger partial charge on any atom is -0.455 e. The number of aromatic nitrogens is 3. The monoisotopic (exact) mass is 675 g/mol. The molecular formula is C49H29N3O. The molecule has 0 saturated carbocycles. The molecule has 0 atom stereocenters. The molecule has 0 N–H and O–H groups in total. The summed E-state index contributed by atoms with van der Waals surface area (Å²) in [7, 11) is 0. The van der Waals surface area contributed by atoms with Crippen molar-refractivity contribution in [2.45, 2.75) is 0 Å². The van der Waals surface area contributed by atoms with Gasteiger partial charge in [-0.2, -0.15) is 0 Å². The van der Waals surface area contributed by atoms with Crippen LogP contribution in [-0.4, -0.2) is 15.0 Å². The first-order chi connectivity index (χ1) is 26.2. The molecule has 0 radical (unpaired) electrons. The van der Waals surface area contributed by atoms with Crippen molar-refractivity contribution >= 4 is 65.0 Å². The van der Waals surface area contributed by atoms with Crippen LogP contribution in [-0.2, 0) is 0 Å². The number of hydrogen-bond donors (Lipinski definition) is 0. The van der Waals surface area contributed by atoms with Gasteiger partial charge in [-0.15, -0.1) is 0 Å². The van der Waals surface area contributed by atoms with Gasteiger partial charge in [0.15, 0.2) is 17.5 Å². The summed E-state index contributed by atoms with van der Waals surface area (Å²) in [5.41, 5.74) is 6.57. The molecule has 2 heterocycles. The van der Waals surface area contributed by atoms with E-state index in [9.17, 15) is 0 Å². The predicted molar refractivity (Wildman–Crippen MR) is 219 cm³/mol. The van der Waals surface area contributed by atoms with Crippen molar-refractivity contribution in [3.63, 3.8) is 0 Å². The molecule has 11 aromatic rings. The molecule has 9 aromatic carbocycles. The standard InChI is InChI=1S/C49H29N3O/c1-2-10-34-28-35(21-18-30(34)8-1)31-16-19-33(20-17-31)47-50-48(52-49(51-47)44-14-7-13-43-42-12-5-6-15-45(42)53-46(43)44)37-24-25-39-36(29-37)23-27-40-38-11-4-3-9-32(38)22-26-41(39)40/h1-29H. The van der Waals surface area contributed by atoms with E-state index in [1.807, 2.05) is 30.3 Å². The van der Waals surface area contributed by atoms with Crippen LogP contribution in [0.4, 0.5) is 0 Å². The van der Waals surface area contributed by atoms with Crippen LogP contribution in [0.2, 0.25) is 0 Å². The first-order valence-corrected chi connectivity index (χ1v) is 17.8. The van der Waals surface area contributed by atoms with E-state index in [1.54, 1.807) is 0 Å². The maximum Gasteiger partial charge on any atom is 0.167 e. The zero-order chi connectivity index (χ0) is 34.9. The van der Waals surface area contributed by atoms with Gasteiger partial charge in [-0.3, -0.25) is 0 Å². The van der Waals surface area contributed by atoms with Gasteiger partial charge in [0.25, 0.3) is 0 Å². The molecule has 0 fully saturated rings. The van der Waals surface area contributed by atoms with Gasteiger partial charge in [-0.05, 0) is 78.5 Å². The molecule has 0 aliphatic carbocycles. The lowest BCUT2D eigenvalue weighted by Crippen LogP contribution is -2.00. The summed E-state index contributed by atoms with van der Waals surface area (Å²) >= 11 is 0. The Kier molecular flexibility index (Phi) is 6.52. The second kappa shape index (κ2) is 11.7. The average Bonchev–Trinajstić information content (AvgIpc) is 3.62. The Morgan fingerprint density at radius 3 is 1.70 bits per heavy atom. The number of fused-ring (bicyclic) bond motifs is 9. The van der Waals surface area contributed by atoms with Crippen molar-refractivity contribution in [2.75, 3.05) is 0 Å². The van der Waals surface area contributed by atoms with Gasteiger partial charge in [0.05, 0.1) is 5.56 Å². The molecule has 0 spiro atoms. The fourth-order valence-corrected chi connectivity index (χ4v) is 7.83. The van der Waals surface area contributed by atoms with Crippen molar-refractivity contribution in [2.24, 2.45) is 0 Å². The van der Waals surface area contributed by atoms with Crippen molar-refractivity contribution < 1.29 is 4.42 Å². The molecule has 0 bridgehead atoms. The summed E-state index contributed by atoms with van der Waals surface area (Å²) in [6.45, 7) is 0. The summed E-state index contributed by atoms with van der Waals surface area (Å²) in [6.07, 6.45) is 0. The first kappa shape index (κ1) is 29.5. The van der Waals surface area contributed by atoms with E-state index in [-0.39, 0.29) is 0 Å². The molecule has 2 aromatic heterocycles. The first-order valence-electron chi connectivity index (χ1n) is 17.8. The Morgan fingerprint density at radius 2 is 0.849 bits per heavy atom. The maximum absolute atomic E-state index is 6.45. The van der Waals surface area contributed by atoms with E-state index in [0.717, 1.165) is 49.6 Å². The average molecular weight is 676 g/mol. The van der Waals surface area contributed by atoms with E-state index >= 15 is 0 Å². The largest absolute Gasteiger partial charge is 0.455 e. The second-order valence-corrected chi connectivity index (χ2v) is 13.6. The third kappa shape index (κ3) is 4.88. The smallest absolute Gasteiger partial charge is 0.167 e. The van der Waals surface area contributed by atoms with E-state index in [4.69, 9.17) is 19.4 Å². The summed E-state index contributed by atoms with van der Waals surface area (Å²) < 4.78 is 6.45. The van der Waals surface area contributed by atoms with E-state index in [2.05, 4.69) is 146 Å². The summed E-state index contributed by atoms with van der Waals surface area (Å²) in [6, 6.07) is 61.8. The van der Waals surface area contributed by atoms with Gasteiger partial charge in [0.2, 0.25) is 0 Å². The van der Waals surface area contributed by atoms with Crippen LogP contribution in [0, 0.1) is 0 Å². The molecule has 11 rings (SSSR count). The molecule has 0 amide bonds. The fraction of sp³-hybridized carbons (Fsp3) is 0. The highest BCUT2D eigenvalue weighted by Crippen LogP contribution is 2.37. The van der Waals surface area contributed by atoms with Crippen molar-refractivity contribution in [3.8, 4) is 45.3 Å². The fourth-order valence-electron chi connectivity index (χ4n) is 7.83. The Balaban J connectivity index is 1.07. The minimum absolute atomic E-state index is 0.568. The summed E-state index contributed by atoms with van der Waals surface area (Å²) in [5.74, 6) is 1.78. The second-order valence-electron chi connectivity index (χ2n) is 13.6. The lowest BCUT2D eigenvalue weighted by atomic mass is 9.96. The highest BCUT2D eigenvalue weighted by molar-refractivity contribution is 6.17. The summed E-state index contributed by atoms with van der Waals surface area (Å²) in [5, 5.41) is 11.9. The molecule has 0 saturated heterocycles. The summed E-state index contributed by atoms with van der Waals surface area (Å²) in [4.78, 5) is 15.4. The van der Waals surface area contributed by atoms with Crippen LogP contribution in [0.5, 0.6) is 0 Å². The van der Waals surface area contributed by atoms with Gasteiger partial charge in [-0.1, -0.05) is 152 Å². The molecule has 0 unspecified atom stereocenters. The minimum atomic E-state index is 0.568. The van der Waals surface area contributed by atoms with Crippen LogP contribution in [0.1, 0.15) is 0 Å². The topological polar surface area (TPSA) is 51.8 Å². The van der Waals surface area contributed by atoms with Gasteiger partial charge >= 0.3 is 0 Å². The van der Waals surface area contributed by atoms with Gasteiger partial charge in [0.1, 0.15) is 11.2 Å². The molecule has 4 nitrogen and oxygen atoms in total. The van der Waals surface area contributed by atoms with E-state index < -0.39 is 0 Å². The lowest BCUT2D eigenvalue weighted by Gasteiger charge is -2.11. The third-order valence-electron chi connectivity index (χ3n) is 10.5. The zero-order valence-electron chi connectivity index (χ0n) is 28.5. The lowest BCUT2D eigenvalue weighted by molar-refractivity contribution is 0.669. The van der Waals surface area contributed by atoms with E-state index in [1.165, 1.54) is 43.3 Å². The van der Waals surface area contributed by atoms with Crippen molar-refractivity contribution in [1.29, 1.82) is 0 Å². The van der Waals surface area contributed by atoms with Crippen molar-refractivity contribution in [3.05, 3.63) is 176 Å². The van der Waals surface area contributed by atoms with Crippen LogP contribution in [0.3, 0.4) is 0 Å². The number of benzene rings is 9. The quantitative estimate of drug-likeness (QED) is 0.174. The van der Waals surface area contributed by atoms with Crippen molar-refractivity contribution in [1.82, 2.24) is 15.0 Å². The Morgan fingerprint density at radius 1 is 0.302 bits per heavy atom. The Labute approximate surface area is 304 Å². The number of nitrogens with zero attached hydrogens (tertiary/aromatic N) is 3. The predicted octanol–water partition coefficient (Wildman–Crippen LogP) is 13.1. The maximum atomic E-state index is 6.45. The van der Waals surface area contributed by atoms with Gasteiger partial charge < -0.3 is 4.42 Å². The van der Waals surface area contributed by atoms with Gasteiger partial charge in [0, 0.05) is 21.9 Å². The molecule has 53 heavy (non-hydrogen) atoms. The van der Waals surface area contributed by atoms with Crippen LogP contribution < -0.4 is 0 Å². The number of rotatable bonds is 4. The number of hydrogen-bond acceptors (Lipinski definition) is 4. The van der Waals surface area contributed by atoms with Crippen LogP contribution >= 0.6 is 0 Å². The highest BCUT2D eigenvalue weighted by Gasteiger charge is 2.18. The zero-order valence-corrected chi connectivity index (χ0v) is 28.5. The molecular weight excluding hydrogens is 647 g/mol.